The summed E-state index contributed by atoms with van der Waals surface area (Å²) in [6.07, 6.45) is 0. The van der Waals surface area contributed by atoms with E-state index >= 15 is 0 Å². The number of hydrogen-bond acceptors (Lipinski definition) is 6. The minimum absolute atomic E-state index is 0.0974. The first-order valence-electron chi connectivity index (χ1n) is 9.43. The van der Waals surface area contributed by atoms with Crippen LogP contribution in [0.5, 0.6) is 11.5 Å². The number of carbonyl (C=O) groups excluding carboxylic acids is 3. The van der Waals surface area contributed by atoms with Crippen molar-refractivity contribution in [2.45, 2.75) is 6.04 Å². The molecule has 0 aromatic heterocycles. The van der Waals surface area contributed by atoms with E-state index in [9.17, 15) is 14.4 Å². The average molecular weight is 442 g/mol. The second-order valence-corrected chi connectivity index (χ2v) is 7.45. The number of nitrogens with one attached hydrogen (secondary N) is 2. The Morgan fingerprint density at radius 2 is 1.94 bits per heavy atom. The number of cyclic esters (lactones) is 1. The van der Waals surface area contributed by atoms with Gasteiger partial charge in [-0.25, -0.2) is 9.59 Å². The summed E-state index contributed by atoms with van der Waals surface area (Å²) in [7, 11) is 0. The molecule has 0 saturated carbocycles. The minimum atomic E-state index is -0.751. The zero-order chi connectivity index (χ0) is 21.5. The lowest BCUT2D eigenvalue weighted by molar-refractivity contribution is -0.136. The molecule has 1 atom stereocenters. The lowest BCUT2D eigenvalue weighted by atomic mass is 9.95. The number of hydrogen-bond donors (Lipinski definition) is 2. The van der Waals surface area contributed by atoms with Crippen molar-refractivity contribution in [3.8, 4) is 11.5 Å². The summed E-state index contributed by atoms with van der Waals surface area (Å²) in [5, 5.41) is 5.88. The van der Waals surface area contributed by atoms with Crippen LogP contribution in [0.4, 0.5) is 10.5 Å². The lowest BCUT2D eigenvalue weighted by Crippen LogP contribution is -2.49. The first-order valence-corrected chi connectivity index (χ1v) is 9.81. The van der Waals surface area contributed by atoms with Crippen molar-refractivity contribution in [1.82, 2.24) is 10.2 Å². The van der Waals surface area contributed by atoms with E-state index in [0.29, 0.717) is 33.5 Å². The van der Waals surface area contributed by atoms with E-state index in [4.69, 9.17) is 25.8 Å². The maximum Gasteiger partial charge on any atom is 0.338 e. The standard InChI is InChI=1S/C21H16ClN3O6/c22-13-4-2-1-3-12(13)19-18-14(9-29-20(18)27)25(21(28)24-19)8-17(26)23-11-5-6-15-16(7-11)31-10-30-15/h1-7,19H,8-10H2,(H,23,26)(H,24,28)/t19-/m1/s1. The van der Waals surface area contributed by atoms with Gasteiger partial charge < -0.3 is 24.8 Å². The molecule has 31 heavy (non-hydrogen) atoms. The first kappa shape index (κ1) is 19.3. The molecule has 3 aliphatic rings. The molecular formula is C21H16ClN3O6. The van der Waals surface area contributed by atoms with Gasteiger partial charge in [-0.3, -0.25) is 9.69 Å². The smallest absolute Gasteiger partial charge is 0.338 e. The van der Waals surface area contributed by atoms with Gasteiger partial charge in [0.1, 0.15) is 13.2 Å². The molecule has 2 aromatic carbocycles. The van der Waals surface area contributed by atoms with E-state index in [2.05, 4.69) is 10.6 Å². The second kappa shape index (κ2) is 7.51. The summed E-state index contributed by atoms with van der Waals surface area (Å²) in [6, 6.07) is 10.6. The van der Waals surface area contributed by atoms with Crippen LogP contribution in [0.25, 0.3) is 0 Å². The number of anilines is 1. The fraction of sp³-hybridized carbons (Fsp3) is 0.190. The van der Waals surface area contributed by atoms with Crippen molar-refractivity contribution in [1.29, 1.82) is 0 Å². The third kappa shape index (κ3) is 3.42. The van der Waals surface area contributed by atoms with E-state index in [1.54, 1.807) is 42.5 Å². The van der Waals surface area contributed by atoms with Gasteiger partial charge in [0.15, 0.2) is 11.5 Å². The zero-order valence-corrected chi connectivity index (χ0v) is 16.8. The van der Waals surface area contributed by atoms with E-state index in [1.807, 2.05) is 0 Å². The number of urea groups is 1. The summed E-state index contributed by atoms with van der Waals surface area (Å²) in [5.41, 5.74) is 1.69. The van der Waals surface area contributed by atoms with Crippen molar-refractivity contribution in [3.05, 3.63) is 64.3 Å². The summed E-state index contributed by atoms with van der Waals surface area (Å²) >= 11 is 6.27. The maximum atomic E-state index is 12.8. The van der Waals surface area contributed by atoms with Gasteiger partial charge in [0.2, 0.25) is 12.7 Å². The molecule has 3 aliphatic heterocycles. The van der Waals surface area contributed by atoms with E-state index in [1.165, 1.54) is 4.90 Å². The molecule has 10 heteroatoms. The van der Waals surface area contributed by atoms with Gasteiger partial charge in [0, 0.05) is 16.8 Å². The molecule has 0 radical (unpaired) electrons. The van der Waals surface area contributed by atoms with E-state index in [-0.39, 0.29) is 25.5 Å². The number of halogens is 1. The second-order valence-electron chi connectivity index (χ2n) is 7.04. The number of nitrogens with zero attached hydrogens (tertiary/aromatic N) is 1. The van der Waals surface area contributed by atoms with Crippen LogP contribution in [0.1, 0.15) is 11.6 Å². The monoisotopic (exact) mass is 441 g/mol. The highest BCUT2D eigenvalue weighted by molar-refractivity contribution is 6.31. The number of fused-ring (bicyclic) bond motifs is 1. The molecule has 0 bridgehead atoms. The van der Waals surface area contributed by atoms with Crippen molar-refractivity contribution < 1.29 is 28.6 Å². The highest BCUT2D eigenvalue weighted by atomic mass is 35.5. The Kier molecular flexibility index (Phi) is 4.67. The number of carbonyl (C=O) groups is 3. The molecule has 0 spiro atoms. The Morgan fingerprint density at radius 1 is 1.13 bits per heavy atom. The topological polar surface area (TPSA) is 106 Å². The lowest BCUT2D eigenvalue weighted by Gasteiger charge is -2.32. The molecule has 5 rings (SSSR count). The van der Waals surface area contributed by atoms with E-state index in [0.717, 1.165) is 0 Å². The molecular weight excluding hydrogens is 426 g/mol. The molecule has 0 aliphatic carbocycles. The Labute approximate surface area is 181 Å². The predicted octanol–water partition coefficient (Wildman–Crippen LogP) is 2.58. The Hall–Kier alpha value is -3.72. The SMILES string of the molecule is O=C(CN1C(=O)N[C@H](c2ccccc2Cl)C2=C1COC2=O)Nc1ccc2c(c1)OCO2. The molecule has 158 valence electrons. The summed E-state index contributed by atoms with van der Waals surface area (Å²) in [5.74, 6) is 0.115. The summed E-state index contributed by atoms with van der Waals surface area (Å²) in [4.78, 5) is 39.1. The molecule has 0 fully saturated rings. The first-order chi connectivity index (χ1) is 15.0. The molecule has 3 heterocycles. The number of benzene rings is 2. The maximum absolute atomic E-state index is 12.8. The van der Waals surface area contributed by atoms with Crippen LogP contribution < -0.4 is 20.1 Å². The Morgan fingerprint density at radius 3 is 2.77 bits per heavy atom. The molecule has 2 N–H and O–H groups in total. The molecule has 0 unspecified atom stereocenters. The Bertz CT molecular complexity index is 1150. The van der Waals surface area contributed by atoms with Crippen molar-refractivity contribution in [2.24, 2.45) is 0 Å². The highest BCUT2D eigenvalue weighted by Gasteiger charge is 2.43. The largest absolute Gasteiger partial charge is 0.456 e. The van der Waals surface area contributed by atoms with Crippen molar-refractivity contribution in [2.75, 3.05) is 25.3 Å². The van der Waals surface area contributed by atoms with Crippen molar-refractivity contribution in [3.63, 3.8) is 0 Å². The number of amides is 3. The third-order valence-corrected chi connectivity index (χ3v) is 5.52. The number of ether oxygens (including phenoxy) is 3. The van der Waals surface area contributed by atoms with Crippen molar-refractivity contribution >= 4 is 35.2 Å². The number of esters is 1. The fourth-order valence-electron chi connectivity index (χ4n) is 3.74. The summed E-state index contributed by atoms with van der Waals surface area (Å²) < 4.78 is 15.7. The fourth-order valence-corrected chi connectivity index (χ4v) is 3.98. The van der Waals surface area contributed by atoms with Crippen LogP contribution in [0.15, 0.2) is 53.7 Å². The highest BCUT2D eigenvalue weighted by Crippen LogP contribution is 2.38. The average Bonchev–Trinajstić information content (AvgIpc) is 3.37. The van der Waals surface area contributed by atoms with E-state index < -0.39 is 23.9 Å². The van der Waals surface area contributed by atoms with Gasteiger partial charge in [-0.1, -0.05) is 29.8 Å². The quantitative estimate of drug-likeness (QED) is 0.706. The van der Waals surface area contributed by atoms with Crippen LogP contribution in [0.2, 0.25) is 5.02 Å². The zero-order valence-electron chi connectivity index (χ0n) is 16.0. The summed E-state index contributed by atoms with van der Waals surface area (Å²) in [6.45, 7) is -0.275. The van der Waals surface area contributed by atoms with Crippen LogP contribution in [0, 0.1) is 0 Å². The van der Waals surface area contributed by atoms with Gasteiger partial charge >= 0.3 is 12.0 Å². The van der Waals surface area contributed by atoms with Gasteiger partial charge in [0.05, 0.1) is 17.3 Å². The minimum Gasteiger partial charge on any atom is -0.456 e. The molecule has 0 saturated heterocycles. The van der Waals surface area contributed by atoms with Crippen LogP contribution >= 0.6 is 11.6 Å². The van der Waals surface area contributed by atoms with Gasteiger partial charge in [-0.05, 0) is 23.8 Å². The van der Waals surface area contributed by atoms with Crippen LogP contribution in [0.3, 0.4) is 0 Å². The van der Waals surface area contributed by atoms with Gasteiger partial charge in [-0.15, -0.1) is 0 Å². The molecule has 9 nitrogen and oxygen atoms in total. The normalized spacial score (nSPS) is 19.1. The van der Waals surface area contributed by atoms with Gasteiger partial charge in [0.25, 0.3) is 0 Å². The third-order valence-electron chi connectivity index (χ3n) is 5.17. The van der Waals surface area contributed by atoms with Gasteiger partial charge in [-0.2, -0.15) is 0 Å². The molecule has 3 amide bonds. The van der Waals surface area contributed by atoms with Crippen LogP contribution in [-0.2, 0) is 14.3 Å². The van der Waals surface area contributed by atoms with Crippen LogP contribution in [-0.4, -0.2) is 42.8 Å². The molecule has 2 aromatic rings. The Balaban J connectivity index is 1.39. The number of rotatable bonds is 4. The predicted molar refractivity (Wildman–Crippen MR) is 109 cm³/mol.